The van der Waals surface area contributed by atoms with Gasteiger partial charge in [0.05, 0.1) is 6.54 Å². The average molecular weight is 208 g/mol. The first-order chi connectivity index (χ1) is 7.27. The summed E-state index contributed by atoms with van der Waals surface area (Å²) in [6, 6.07) is 3.56. The summed E-state index contributed by atoms with van der Waals surface area (Å²) in [5, 5.41) is 10.5. The Morgan fingerprint density at radius 3 is 2.73 bits per heavy atom. The molecule has 1 heterocycles. The average Bonchev–Trinajstić information content (AvgIpc) is 2.29. The standard InChI is InChI=1S/C10H16N4O/c1-3-14(4-2)10(15)8-11-9-6-5-7-12-13-9/h5-7H,3-4,8H2,1-2H3,(H,11,13). The van der Waals surface area contributed by atoms with Gasteiger partial charge in [0.2, 0.25) is 5.91 Å². The lowest BCUT2D eigenvalue weighted by molar-refractivity contribution is -0.128. The van der Waals surface area contributed by atoms with Crippen LogP contribution in [0, 0.1) is 0 Å². The second-order valence-corrected chi connectivity index (χ2v) is 3.03. The van der Waals surface area contributed by atoms with E-state index in [0.29, 0.717) is 5.82 Å². The van der Waals surface area contributed by atoms with Crippen molar-refractivity contribution in [2.45, 2.75) is 13.8 Å². The second kappa shape index (κ2) is 5.95. The first kappa shape index (κ1) is 11.4. The number of rotatable bonds is 5. The number of aromatic nitrogens is 2. The zero-order chi connectivity index (χ0) is 11.1. The Hall–Kier alpha value is -1.65. The van der Waals surface area contributed by atoms with E-state index in [9.17, 15) is 4.79 Å². The van der Waals surface area contributed by atoms with Gasteiger partial charge in [-0.25, -0.2) is 0 Å². The molecule has 82 valence electrons. The van der Waals surface area contributed by atoms with Crippen LogP contribution in [-0.4, -0.2) is 40.6 Å². The molecule has 1 N–H and O–H groups in total. The number of carbonyl (C=O) groups is 1. The van der Waals surface area contributed by atoms with Crippen molar-refractivity contribution in [3.8, 4) is 0 Å². The van der Waals surface area contributed by atoms with E-state index in [1.54, 1.807) is 23.2 Å². The number of carbonyl (C=O) groups excluding carboxylic acids is 1. The summed E-state index contributed by atoms with van der Waals surface area (Å²) in [5.41, 5.74) is 0. The predicted octanol–water partition coefficient (Wildman–Crippen LogP) is 0.757. The van der Waals surface area contributed by atoms with Crippen molar-refractivity contribution in [2.24, 2.45) is 0 Å². The third-order valence-corrected chi connectivity index (χ3v) is 2.11. The van der Waals surface area contributed by atoms with E-state index in [2.05, 4.69) is 15.5 Å². The van der Waals surface area contributed by atoms with Crippen molar-refractivity contribution in [3.05, 3.63) is 18.3 Å². The molecule has 1 aromatic heterocycles. The van der Waals surface area contributed by atoms with Crippen LogP contribution in [0.2, 0.25) is 0 Å². The molecular formula is C10H16N4O. The normalized spacial score (nSPS) is 9.73. The molecule has 15 heavy (non-hydrogen) atoms. The fourth-order valence-electron chi connectivity index (χ4n) is 1.25. The minimum Gasteiger partial charge on any atom is -0.360 e. The van der Waals surface area contributed by atoms with Crippen LogP contribution in [0.15, 0.2) is 18.3 Å². The number of hydrogen-bond acceptors (Lipinski definition) is 4. The zero-order valence-corrected chi connectivity index (χ0v) is 9.10. The fourth-order valence-corrected chi connectivity index (χ4v) is 1.25. The van der Waals surface area contributed by atoms with E-state index in [0.717, 1.165) is 13.1 Å². The molecule has 0 unspecified atom stereocenters. The van der Waals surface area contributed by atoms with Gasteiger partial charge in [0.25, 0.3) is 0 Å². The summed E-state index contributed by atoms with van der Waals surface area (Å²) >= 11 is 0. The summed E-state index contributed by atoms with van der Waals surface area (Å²) in [6.07, 6.45) is 1.59. The van der Waals surface area contributed by atoms with Crippen LogP contribution in [0.3, 0.4) is 0 Å². The Kier molecular flexibility index (Phi) is 4.53. The fraction of sp³-hybridized carbons (Fsp3) is 0.500. The van der Waals surface area contributed by atoms with E-state index in [1.165, 1.54) is 0 Å². The van der Waals surface area contributed by atoms with Crippen molar-refractivity contribution in [3.63, 3.8) is 0 Å². The summed E-state index contributed by atoms with van der Waals surface area (Å²) in [7, 11) is 0. The van der Waals surface area contributed by atoms with Crippen molar-refractivity contribution in [1.29, 1.82) is 0 Å². The predicted molar refractivity (Wildman–Crippen MR) is 58.4 cm³/mol. The van der Waals surface area contributed by atoms with Crippen LogP contribution >= 0.6 is 0 Å². The third-order valence-electron chi connectivity index (χ3n) is 2.11. The number of hydrogen-bond donors (Lipinski definition) is 1. The molecule has 0 aromatic carbocycles. The Morgan fingerprint density at radius 1 is 1.47 bits per heavy atom. The van der Waals surface area contributed by atoms with Crippen molar-refractivity contribution >= 4 is 11.7 Å². The van der Waals surface area contributed by atoms with Gasteiger partial charge in [-0.2, -0.15) is 5.10 Å². The van der Waals surface area contributed by atoms with E-state index in [4.69, 9.17) is 0 Å². The maximum absolute atomic E-state index is 11.6. The van der Waals surface area contributed by atoms with Crippen LogP contribution < -0.4 is 5.32 Å². The lowest BCUT2D eigenvalue weighted by Gasteiger charge is -2.18. The Labute approximate surface area is 89.5 Å². The number of amides is 1. The molecule has 0 radical (unpaired) electrons. The molecule has 5 nitrogen and oxygen atoms in total. The van der Waals surface area contributed by atoms with E-state index in [1.807, 2.05) is 13.8 Å². The molecule has 0 fully saturated rings. The molecule has 0 saturated heterocycles. The molecule has 1 amide bonds. The van der Waals surface area contributed by atoms with Crippen LogP contribution in [-0.2, 0) is 4.79 Å². The molecule has 0 bridgehead atoms. The van der Waals surface area contributed by atoms with E-state index < -0.39 is 0 Å². The van der Waals surface area contributed by atoms with Gasteiger partial charge in [0.15, 0.2) is 0 Å². The first-order valence-corrected chi connectivity index (χ1v) is 5.07. The van der Waals surface area contributed by atoms with Gasteiger partial charge < -0.3 is 10.2 Å². The SMILES string of the molecule is CCN(CC)C(=O)CNc1cccnn1. The smallest absolute Gasteiger partial charge is 0.241 e. The molecular weight excluding hydrogens is 192 g/mol. The summed E-state index contributed by atoms with van der Waals surface area (Å²) in [4.78, 5) is 13.4. The number of anilines is 1. The molecule has 0 aliphatic heterocycles. The molecule has 0 saturated carbocycles. The Morgan fingerprint density at radius 2 is 2.20 bits per heavy atom. The van der Waals surface area contributed by atoms with Gasteiger partial charge in [-0.1, -0.05) is 0 Å². The van der Waals surface area contributed by atoms with Crippen LogP contribution in [0.1, 0.15) is 13.8 Å². The zero-order valence-electron chi connectivity index (χ0n) is 9.10. The summed E-state index contributed by atoms with van der Waals surface area (Å²) < 4.78 is 0. The number of likely N-dealkylation sites (N-methyl/N-ethyl adjacent to an activating group) is 1. The van der Waals surface area contributed by atoms with Gasteiger partial charge in [-0.3, -0.25) is 4.79 Å². The van der Waals surface area contributed by atoms with Crippen LogP contribution in [0.25, 0.3) is 0 Å². The van der Waals surface area contributed by atoms with Gasteiger partial charge >= 0.3 is 0 Å². The Balaban J connectivity index is 2.40. The summed E-state index contributed by atoms with van der Waals surface area (Å²) in [5.74, 6) is 0.698. The van der Waals surface area contributed by atoms with E-state index in [-0.39, 0.29) is 12.5 Å². The molecule has 0 aliphatic carbocycles. The van der Waals surface area contributed by atoms with Crippen LogP contribution in [0.5, 0.6) is 0 Å². The Bertz CT molecular complexity index is 298. The molecule has 5 heteroatoms. The highest BCUT2D eigenvalue weighted by Gasteiger charge is 2.08. The third kappa shape index (κ3) is 3.53. The molecule has 0 aliphatic rings. The molecule has 1 aromatic rings. The summed E-state index contributed by atoms with van der Waals surface area (Å²) in [6.45, 7) is 5.66. The van der Waals surface area contributed by atoms with Gasteiger partial charge in [0.1, 0.15) is 5.82 Å². The number of nitrogens with one attached hydrogen (secondary N) is 1. The minimum absolute atomic E-state index is 0.0747. The second-order valence-electron chi connectivity index (χ2n) is 3.03. The molecule has 0 atom stereocenters. The quantitative estimate of drug-likeness (QED) is 0.776. The van der Waals surface area contributed by atoms with Gasteiger partial charge in [-0.15, -0.1) is 5.10 Å². The van der Waals surface area contributed by atoms with E-state index >= 15 is 0 Å². The van der Waals surface area contributed by atoms with Crippen molar-refractivity contribution < 1.29 is 4.79 Å². The highest BCUT2D eigenvalue weighted by molar-refractivity contribution is 5.80. The molecule has 0 spiro atoms. The number of nitrogens with zero attached hydrogens (tertiary/aromatic N) is 3. The lowest BCUT2D eigenvalue weighted by atomic mass is 10.4. The first-order valence-electron chi connectivity index (χ1n) is 5.07. The maximum atomic E-state index is 11.6. The maximum Gasteiger partial charge on any atom is 0.241 e. The highest BCUT2D eigenvalue weighted by atomic mass is 16.2. The topological polar surface area (TPSA) is 58.1 Å². The lowest BCUT2D eigenvalue weighted by Crippen LogP contribution is -2.35. The highest BCUT2D eigenvalue weighted by Crippen LogP contribution is 1.97. The largest absolute Gasteiger partial charge is 0.360 e. The molecule has 1 rings (SSSR count). The van der Waals surface area contributed by atoms with Crippen molar-refractivity contribution in [2.75, 3.05) is 25.0 Å². The van der Waals surface area contributed by atoms with Crippen LogP contribution in [0.4, 0.5) is 5.82 Å². The van der Waals surface area contributed by atoms with Gasteiger partial charge in [0, 0.05) is 19.3 Å². The van der Waals surface area contributed by atoms with Crippen molar-refractivity contribution in [1.82, 2.24) is 15.1 Å². The van der Waals surface area contributed by atoms with Gasteiger partial charge in [-0.05, 0) is 26.0 Å². The minimum atomic E-state index is 0.0747. The monoisotopic (exact) mass is 208 g/mol.